The average Bonchev–Trinajstić information content (AvgIpc) is 2.61. The van der Waals surface area contributed by atoms with E-state index in [-0.39, 0.29) is 6.03 Å². The highest BCUT2D eigenvalue weighted by molar-refractivity contribution is 5.90. The second-order valence-corrected chi connectivity index (χ2v) is 4.88. The summed E-state index contributed by atoms with van der Waals surface area (Å²) in [6.07, 6.45) is 0. The number of carbonyl (C=O) groups excluding carboxylic acids is 1. The summed E-state index contributed by atoms with van der Waals surface area (Å²) < 4.78 is 16.0. The van der Waals surface area contributed by atoms with Crippen LogP contribution in [0.2, 0.25) is 0 Å². The molecule has 0 saturated carbocycles. The Morgan fingerprint density at radius 1 is 0.917 bits per heavy atom. The zero-order valence-corrected chi connectivity index (χ0v) is 13.7. The van der Waals surface area contributed by atoms with E-state index in [1.165, 1.54) is 0 Å². The molecule has 0 heterocycles. The van der Waals surface area contributed by atoms with Crippen molar-refractivity contribution >= 4 is 11.7 Å². The van der Waals surface area contributed by atoms with E-state index in [9.17, 15) is 4.79 Å². The van der Waals surface area contributed by atoms with Gasteiger partial charge in [-0.25, -0.2) is 4.79 Å². The maximum Gasteiger partial charge on any atom is 0.319 e. The quantitative estimate of drug-likeness (QED) is 0.694. The molecule has 2 aromatic rings. The van der Waals surface area contributed by atoms with Gasteiger partial charge in [-0.05, 0) is 24.3 Å². The highest BCUT2D eigenvalue weighted by Crippen LogP contribution is 2.23. The molecule has 0 atom stereocenters. The first-order valence-electron chi connectivity index (χ1n) is 7.73. The predicted molar refractivity (Wildman–Crippen MR) is 92.8 cm³/mol. The topological polar surface area (TPSA) is 68.8 Å². The minimum absolute atomic E-state index is 0.311. The lowest BCUT2D eigenvalue weighted by molar-refractivity contribution is 0.146. The van der Waals surface area contributed by atoms with Crippen LogP contribution in [-0.4, -0.2) is 39.5 Å². The Kier molecular flexibility index (Phi) is 7.43. The van der Waals surface area contributed by atoms with Crippen molar-refractivity contribution in [2.45, 2.75) is 0 Å². The summed E-state index contributed by atoms with van der Waals surface area (Å²) in [7, 11) is 1.61. The van der Waals surface area contributed by atoms with Gasteiger partial charge in [-0.15, -0.1) is 0 Å². The molecule has 0 fully saturated rings. The number of hydrogen-bond donors (Lipinski definition) is 2. The standard InChI is InChI=1S/C18H22N2O4/c1-22-13-14-24-17-10-6-5-9-16(17)20-18(21)19-11-12-23-15-7-3-2-4-8-15/h2-10H,11-14H2,1H3,(H2,19,20,21). The summed E-state index contributed by atoms with van der Waals surface area (Å²) in [5, 5.41) is 5.51. The van der Waals surface area contributed by atoms with Crippen molar-refractivity contribution < 1.29 is 19.0 Å². The third kappa shape index (κ3) is 6.18. The van der Waals surface area contributed by atoms with E-state index >= 15 is 0 Å². The van der Waals surface area contributed by atoms with Crippen molar-refractivity contribution in [3.05, 3.63) is 54.6 Å². The molecule has 2 N–H and O–H groups in total. The van der Waals surface area contributed by atoms with Crippen LogP contribution in [0.1, 0.15) is 0 Å². The fourth-order valence-corrected chi connectivity index (χ4v) is 1.95. The number of anilines is 1. The number of ether oxygens (including phenoxy) is 3. The van der Waals surface area contributed by atoms with Crippen LogP contribution < -0.4 is 20.1 Å². The van der Waals surface area contributed by atoms with Crippen LogP contribution in [0, 0.1) is 0 Å². The lowest BCUT2D eigenvalue weighted by atomic mass is 10.3. The fraction of sp³-hybridized carbons (Fsp3) is 0.278. The summed E-state index contributed by atoms with van der Waals surface area (Å²) in [4.78, 5) is 11.9. The highest BCUT2D eigenvalue weighted by Gasteiger charge is 2.07. The number of rotatable bonds is 9. The molecule has 2 aromatic carbocycles. The monoisotopic (exact) mass is 330 g/mol. The molecule has 2 amide bonds. The van der Waals surface area contributed by atoms with Crippen molar-refractivity contribution in [2.75, 3.05) is 38.8 Å². The van der Waals surface area contributed by atoms with E-state index in [4.69, 9.17) is 14.2 Å². The van der Waals surface area contributed by atoms with Crippen LogP contribution in [0.25, 0.3) is 0 Å². The van der Waals surface area contributed by atoms with Gasteiger partial charge in [0.1, 0.15) is 24.7 Å². The summed E-state index contributed by atoms with van der Waals surface area (Å²) >= 11 is 0. The molecular weight excluding hydrogens is 308 g/mol. The minimum Gasteiger partial charge on any atom is -0.492 e. The summed E-state index contributed by atoms with van der Waals surface area (Å²) in [6.45, 7) is 1.69. The first kappa shape index (κ1) is 17.6. The van der Waals surface area contributed by atoms with Crippen molar-refractivity contribution in [3.8, 4) is 11.5 Å². The van der Waals surface area contributed by atoms with Crippen LogP contribution in [0.4, 0.5) is 10.5 Å². The molecule has 0 spiro atoms. The lowest BCUT2D eigenvalue weighted by Gasteiger charge is -2.13. The molecule has 0 aliphatic rings. The van der Waals surface area contributed by atoms with Gasteiger partial charge in [0, 0.05) is 7.11 Å². The smallest absolute Gasteiger partial charge is 0.319 e. The van der Waals surface area contributed by atoms with Crippen molar-refractivity contribution in [2.24, 2.45) is 0 Å². The Labute approximate surface area is 141 Å². The molecule has 0 aromatic heterocycles. The van der Waals surface area contributed by atoms with Gasteiger partial charge >= 0.3 is 6.03 Å². The molecule has 0 unspecified atom stereocenters. The molecule has 128 valence electrons. The third-order valence-electron chi connectivity index (χ3n) is 3.08. The predicted octanol–water partition coefficient (Wildman–Crippen LogP) is 2.91. The number of methoxy groups -OCH3 is 1. The van der Waals surface area contributed by atoms with Crippen molar-refractivity contribution in [1.82, 2.24) is 5.32 Å². The molecule has 0 radical (unpaired) electrons. The molecule has 0 aliphatic heterocycles. The van der Waals surface area contributed by atoms with Gasteiger partial charge < -0.3 is 24.8 Å². The summed E-state index contributed by atoms with van der Waals surface area (Å²) in [6, 6.07) is 16.4. The second kappa shape index (κ2) is 10.1. The van der Waals surface area contributed by atoms with Crippen LogP contribution in [-0.2, 0) is 4.74 Å². The van der Waals surface area contributed by atoms with Gasteiger partial charge in [0.15, 0.2) is 0 Å². The van der Waals surface area contributed by atoms with Gasteiger partial charge in [0.2, 0.25) is 0 Å². The fourth-order valence-electron chi connectivity index (χ4n) is 1.95. The number of benzene rings is 2. The Balaban J connectivity index is 1.73. The van der Waals surface area contributed by atoms with Gasteiger partial charge in [-0.3, -0.25) is 0 Å². The van der Waals surface area contributed by atoms with E-state index in [1.54, 1.807) is 19.2 Å². The maximum absolute atomic E-state index is 11.9. The van der Waals surface area contributed by atoms with Gasteiger partial charge in [-0.2, -0.15) is 0 Å². The van der Waals surface area contributed by atoms with Gasteiger partial charge in [0.05, 0.1) is 18.8 Å². The lowest BCUT2D eigenvalue weighted by Crippen LogP contribution is -2.32. The number of carbonyl (C=O) groups is 1. The molecule has 24 heavy (non-hydrogen) atoms. The van der Waals surface area contributed by atoms with Crippen LogP contribution in [0.3, 0.4) is 0 Å². The summed E-state index contributed by atoms with van der Waals surface area (Å²) in [5.74, 6) is 1.38. The summed E-state index contributed by atoms with van der Waals surface area (Å²) in [5.41, 5.74) is 0.607. The Morgan fingerprint density at radius 3 is 2.46 bits per heavy atom. The molecule has 0 saturated heterocycles. The first-order chi connectivity index (χ1) is 11.8. The number of amides is 2. The number of nitrogens with one attached hydrogen (secondary N) is 2. The van der Waals surface area contributed by atoms with E-state index in [0.717, 1.165) is 5.75 Å². The normalized spacial score (nSPS) is 10.0. The molecule has 6 nitrogen and oxygen atoms in total. The number of hydrogen-bond acceptors (Lipinski definition) is 4. The van der Waals surface area contributed by atoms with E-state index in [1.807, 2.05) is 42.5 Å². The SMILES string of the molecule is COCCOc1ccccc1NC(=O)NCCOc1ccccc1. The molecule has 0 aliphatic carbocycles. The molecule has 0 bridgehead atoms. The largest absolute Gasteiger partial charge is 0.492 e. The van der Waals surface area contributed by atoms with E-state index in [0.29, 0.717) is 37.8 Å². The van der Waals surface area contributed by atoms with Crippen molar-refractivity contribution in [3.63, 3.8) is 0 Å². The molecule has 2 rings (SSSR count). The van der Waals surface area contributed by atoms with Gasteiger partial charge in [-0.1, -0.05) is 30.3 Å². The number of urea groups is 1. The Hall–Kier alpha value is -2.73. The van der Waals surface area contributed by atoms with E-state index in [2.05, 4.69) is 10.6 Å². The maximum atomic E-state index is 11.9. The number of para-hydroxylation sites is 3. The Morgan fingerprint density at radius 2 is 1.67 bits per heavy atom. The van der Waals surface area contributed by atoms with Crippen molar-refractivity contribution in [1.29, 1.82) is 0 Å². The third-order valence-corrected chi connectivity index (χ3v) is 3.08. The van der Waals surface area contributed by atoms with Crippen LogP contribution in [0.5, 0.6) is 11.5 Å². The highest BCUT2D eigenvalue weighted by atomic mass is 16.5. The van der Waals surface area contributed by atoms with E-state index < -0.39 is 0 Å². The van der Waals surface area contributed by atoms with Crippen LogP contribution >= 0.6 is 0 Å². The Bertz CT molecular complexity index is 619. The zero-order valence-electron chi connectivity index (χ0n) is 13.7. The zero-order chi connectivity index (χ0) is 17.0. The average molecular weight is 330 g/mol. The minimum atomic E-state index is -0.311. The van der Waals surface area contributed by atoms with Crippen LogP contribution in [0.15, 0.2) is 54.6 Å². The molecular formula is C18H22N2O4. The second-order valence-electron chi connectivity index (χ2n) is 4.88. The van der Waals surface area contributed by atoms with Gasteiger partial charge in [0.25, 0.3) is 0 Å². The molecule has 6 heteroatoms. The first-order valence-corrected chi connectivity index (χ1v) is 7.73.